The Labute approximate surface area is 157 Å². The Morgan fingerprint density at radius 1 is 1.04 bits per heavy atom. The van der Waals surface area contributed by atoms with Crippen LogP contribution in [0, 0.1) is 13.8 Å². The molecule has 27 heavy (non-hydrogen) atoms. The summed E-state index contributed by atoms with van der Waals surface area (Å²) in [7, 11) is 0. The number of nitrogens with two attached hydrogens (primary N) is 1. The molecule has 0 saturated carbocycles. The molecular formula is C20H22N2O5. The summed E-state index contributed by atoms with van der Waals surface area (Å²) in [6.07, 6.45) is -1.00. The molecule has 2 aromatic rings. The highest BCUT2D eigenvalue weighted by Gasteiger charge is 2.18. The molecule has 7 nitrogen and oxygen atoms in total. The third-order valence-corrected chi connectivity index (χ3v) is 3.95. The summed E-state index contributed by atoms with van der Waals surface area (Å²) < 4.78 is 10.5. The molecule has 0 bridgehead atoms. The van der Waals surface area contributed by atoms with Crippen molar-refractivity contribution < 1.29 is 23.9 Å². The number of amides is 2. The SMILES string of the molecule is Cc1ccc(OCC(=O)OC(C)C(=O)Nc2ccc(C(N)=O)cc2)cc1C. The number of hydrogen-bond acceptors (Lipinski definition) is 5. The molecule has 2 amide bonds. The van der Waals surface area contributed by atoms with E-state index in [9.17, 15) is 14.4 Å². The number of carbonyl (C=O) groups excluding carboxylic acids is 3. The standard InChI is InChI=1S/C20H22N2O5/c1-12-4-9-17(10-13(12)2)26-11-18(23)27-14(3)20(25)22-16-7-5-15(6-8-16)19(21)24/h4-10,14H,11H2,1-3H3,(H2,21,24)(H,22,25). The van der Waals surface area contributed by atoms with Crippen molar-refractivity contribution in [2.24, 2.45) is 5.73 Å². The topological polar surface area (TPSA) is 108 Å². The van der Waals surface area contributed by atoms with Crippen molar-refractivity contribution in [3.8, 4) is 5.75 Å². The first-order chi connectivity index (χ1) is 12.8. The quantitative estimate of drug-likeness (QED) is 0.728. The molecule has 0 aliphatic carbocycles. The Kier molecular flexibility index (Phi) is 6.54. The van der Waals surface area contributed by atoms with Gasteiger partial charge in [0.2, 0.25) is 5.91 Å². The lowest BCUT2D eigenvalue weighted by atomic mass is 10.1. The molecule has 2 rings (SSSR count). The third kappa shape index (κ3) is 5.85. The second kappa shape index (κ2) is 8.84. The first-order valence-electron chi connectivity index (χ1n) is 8.36. The average molecular weight is 370 g/mol. The van der Waals surface area contributed by atoms with E-state index < -0.39 is 23.9 Å². The van der Waals surface area contributed by atoms with Crippen LogP contribution in [0.1, 0.15) is 28.4 Å². The molecule has 0 fully saturated rings. The molecule has 0 aliphatic heterocycles. The molecule has 7 heteroatoms. The maximum Gasteiger partial charge on any atom is 0.344 e. The van der Waals surface area contributed by atoms with Crippen molar-refractivity contribution >= 4 is 23.5 Å². The molecule has 1 atom stereocenters. The number of primary amides is 1. The lowest BCUT2D eigenvalue weighted by molar-refractivity contribution is -0.155. The Bertz CT molecular complexity index is 846. The van der Waals surface area contributed by atoms with Gasteiger partial charge in [-0.3, -0.25) is 9.59 Å². The van der Waals surface area contributed by atoms with Crippen LogP contribution >= 0.6 is 0 Å². The van der Waals surface area contributed by atoms with Crippen LogP contribution < -0.4 is 15.8 Å². The normalized spacial score (nSPS) is 11.4. The average Bonchev–Trinajstić information content (AvgIpc) is 2.63. The predicted molar refractivity (Wildman–Crippen MR) is 101 cm³/mol. The number of benzene rings is 2. The monoisotopic (exact) mass is 370 g/mol. The van der Waals surface area contributed by atoms with E-state index in [1.54, 1.807) is 6.07 Å². The van der Waals surface area contributed by atoms with E-state index in [2.05, 4.69) is 5.32 Å². The molecular weight excluding hydrogens is 348 g/mol. The van der Waals surface area contributed by atoms with E-state index in [0.29, 0.717) is 17.0 Å². The zero-order valence-corrected chi connectivity index (χ0v) is 15.4. The Balaban J connectivity index is 1.83. The minimum absolute atomic E-state index is 0.298. The fraction of sp³-hybridized carbons (Fsp3) is 0.250. The van der Waals surface area contributed by atoms with Gasteiger partial charge in [-0.25, -0.2) is 4.79 Å². The summed E-state index contributed by atoms with van der Waals surface area (Å²) in [5.41, 5.74) is 8.12. The zero-order valence-electron chi connectivity index (χ0n) is 15.4. The smallest absolute Gasteiger partial charge is 0.344 e. The minimum atomic E-state index is -1.00. The summed E-state index contributed by atoms with van der Waals surface area (Å²) in [5.74, 6) is -1.15. The summed E-state index contributed by atoms with van der Waals surface area (Å²) in [5, 5.41) is 2.59. The number of anilines is 1. The highest BCUT2D eigenvalue weighted by Crippen LogP contribution is 2.16. The van der Waals surface area contributed by atoms with Gasteiger partial charge in [-0.05, 0) is 68.3 Å². The van der Waals surface area contributed by atoms with Crippen LogP contribution in [0.4, 0.5) is 5.69 Å². The van der Waals surface area contributed by atoms with Gasteiger partial charge in [-0.15, -0.1) is 0 Å². The molecule has 0 aromatic heterocycles. The number of hydrogen-bond donors (Lipinski definition) is 2. The van der Waals surface area contributed by atoms with Gasteiger partial charge in [-0.2, -0.15) is 0 Å². The number of ether oxygens (including phenoxy) is 2. The maximum atomic E-state index is 12.1. The fourth-order valence-electron chi connectivity index (χ4n) is 2.19. The molecule has 0 aliphatic rings. The van der Waals surface area contributed by atoms with Gasteiger partial charge < -0.3 is 20.5 Å². The van der Waals surface area contributed by atoms with Crippen molar-refractivity contribution in [3.05, 3.63) is 59.2 Å². The van der Waals surface area contributed by atoms with Gasteiger partial charge in [0.15, 0.2) is 12.7 Å². The number of nitrogens with one attached hydrogen (secondary N) is 1. The number of carbonyl (C=O) groups is 3. The first-order valence-corrected chi connectivity index (χ1v) is 8.36. The highest BCUT2D eigenvalue weighted by atomic mass is 16.6. The Hall–Kier alpha value is -3.35. The van der Waals surface area contributed by atoms with Gasteiger partial charge in [0.25, 0.3) is 5.91 Å². The Morgan fingerprint density at radius 2 is 1.70 bits per heavy atom. The summed E-state index contributed by atoms with van der Waals surface area (Å²) in [4.78, 5) is 35.0. The molecule has 0 radical (unpaired) electrons. The van der Waals surface area contributed by atoms with Crippen LogP contribution in [0.5, 0.6) is 5.75 Å². The lowest BCUT2D eigenvalue weighted by Crippen LogP contribution is -2.31. The van der Waals surface area contributed by atoms with E-state index >= 15 is 0 Å². The maximum absolute atomic E-state index is 12.1. The Morgan fingerprint density at radius 3 is 2.30 bits per heavy atom. The van der Waals surface area contributed by atoms with Crippen molar-refractivity contribution in [1.82, 2.24) is 0 Å². The highest BCUT2D eigenvalue weighted by molar-refractivity contribution is 5.96. The molecule has 0 heterocycles. The van der Waals surface area contributed by atoms with Crippen molar-refractivity contribution in [2.75, 3.05) is 11.9 Å². The fourth-order valence-corrected chi connectivity index (χ4v) is 2.19. The van der Waals surface area contributed by atoms with E-state index in [1.165, 1.54) is 31.2 Å². The van der Waals surface area contributed by atoms with Gasteiger partial charge in [0, 0.05) is 11.3 Å². The summed E-state index contributed by atoms with van der Waals surface area (Å²) in [6.45, 7) is 5.09. The van der Waals surface area contributed by atoms with Crippen LogP contribution in [0.15, 0.2) is 42.5 Å². The predicted octanol–water partition coefficient (Wildman–Crippen LogP) is 2.35. The first kappa shape index (κ1) is 20.0. The van der Waals surface area contributed by atoms with Gasteiger partial charge in [0.1, 0.15) is 5.75 Å². The van der Waals surface area contributed by atoms with Crippen molar-refractivity contribution in [1.29, 1.82) is 0 Å². The van der Waals surface area contributed by atoms with Gasteiger partial charge in [-0.1, -0.05) is 6.07 Å². The number of aryl methyl sites for hydroxylation is 2. The molecule has 1 unspecified atom stereocenters. The molecule has 0 saturated heterocycles. The number of rotatable bonds is 7. The van der Waals surface area contributed by atoms with Crippen molar-refractivity contribution in [3.63, 3.8) is 0 Å². The van der Waals surface area contributed by atoms with E-state index in [-0.39, 0.29) is 6.61 Å². The molecule has 3 N–H and O–H groups in total. The van der Waals surface area contributed by atoms with Crippen LogP contribution in [0.2, 0.25) is 0 Å². The largest absolute Gasteiger partial charge is 0.482 e. The van der Waals surface area contributed by atoms with E-state index in [1.807, 2.05) is 26.0 Å². The summed E-state index contributed by atoms with van der Waals surface area (Å²) in [6, 6.07) is 11.5. The van der Waals surface area contributed by atoms with Crippen LogP contribution in [0.25, 0.3) is 0 Å². The van der Waals surface area contributed by atoms with E-state index in [4.69, 9.17) is 15.2 Å². The number of esters is 1. The minimum Gasteiger partial charge on any atom is -0.482 e. The van der Waals surface area contributed by atoms with Gasteiger partial charge >= 0.3 is 5.97 Å². The van der Waals surface area contributed by atoms with E-state index in [0.717, 1.165) is 11.1 Å². The van der Waals surface area contributed by atoms with Crippen LogP contribution in [-0.4, -0.2) is 30.5 Å². The molecule has 142 valence electrons. The van der Waals surface area contributed by atoms with Gasteiger partial charge in [0.05, 0.1) is 0 Å². The third-order valence-electron chi connectivity index (χ3n) is 3.95. The van der Waals surface area contributed by atoms with Crippen LogP contribution in [0.3, 0.4) is 0 Å². The van der Waals surface area contributed by atoms with Crippen LogP contribution in [-0.2, 0) is 14.3 Å². The summed E-state index contributed by atoms with van der Waals surface area (Å²) >= 11 is 0. The van der Waals surface area contributed by atoms with Crippen molar-refractivity contribution in [2.45, 2.75) is 26.9 Å². The molecule has 2 aromatic carbocycles. The zero-order chi connectivity index (χ0) is 20.0. The second-order valence-electron chi connectivity index (χ2n) is 6.10. The molecule has 0 spiro atoms. The second-order valence-corrected chi connectivity index (χ2v) is 6.10. The lowest BCUT2D eigenvalue weighted by Gasteiger charge is -2.14.